The second-order valence-electron chi connectivity index (χ2n) is 6.80. The second kappa shape index (κ2) is 9.52. The molecule has 7 nitrogen and oxygen atoms in total. The summed E-state index contributed by atoms with van der Waals surface area (Å²) in [6, 6.07) is 14.0. The van der Waals surface area contributed by atoms with Crippen molar-refractivity contribution in [1.29, 1.82) is 5.26 Å². The number of rotatable bonds is 4. The molecular formula is C21H16BrCl2N5O2. The first-order valence-corrected chi connectivity index (χ1v) is 10.6. The summed E-state index contributed by atoms with van der Waals surface area (Å²) in [5.41, 5.74) is 5.95. The predicted molar refractivity (Wildman–Crippen MR) is 122 cm³/mol. The number of nitrogens with one attached hydrogen (secondary N) is 2. The fourth-order valence-corrected chi connectivity index (χ4v) is 3.46. The number of hydrogen-bond acceptors (Lipinski definition) is 4. The number of amides is 2. The van der Waals surface area contributed by atoms with E-state index in [0.717, 1.165) is 4.47 Å². The molecule has 0 aliphatic heterocycles. The molecule has 10 heteroatoms. The van der Waals surface area contributed by atoms with Gasteiger partial charge in [-0.25, -0.2) is 4.68 Å². The topological polar surface area (TPSA) is 99.8 Å². The minimum atomic E-state index is -0.729. The molecule has 2 N–H and O–H groups in total. The fraction of sp³-hybridized carbons (Fsp3) is 0.143. The minimum absolute atomic E-state index is 0.0321. The number of benzene rings is 2. The van der Waals surface area contributed by atoms with Gasteiger partial charge in [0.15, 0.2) is 5.69 Å². The molecule has 0 aliphatic carbocycles. The molecule has 0 saturated heterocycles. The summed E-state index contributed by atoms with van der Waals surface area (Å²) in [4.78, 5) is 24.6. The number of hydrogen-bond donors (Lipinski definition) is 2. The van der Waals surface area contributed by atoms with Crippen molar-refractivity contribution in [1.82, 2.24) is 20.6 Å². The lowest BCUT2D eigenvalue weighted by Crippen LogP contribution is -2.43. The summed E-state index contributed by atoms with van der Waals surface area (Å²) in [5.74, 6) is -1.44. The molecule has 3 rings (SSSR count). The smallest absolute Gasteiger partial charge is 0.273 e. The SMILES string of the molecule is CC(C)C(=O)NNC(=O)c1nn(-c2ccc(Cl)cc2Cl)c(-c2ccc(Br)cc2)c1C#N. The van der Waals surface area contributed by atoms with Gasteiger partial charge in [-0.1, -0.05) is 65.1 Å². The van der Waals surface area contributed by atoms with Gasteiger partial charge in [-0.3, -0.25) is 20.4 Å². The van der Waals surface area contributed by atoms with Crippen molar-refractivity contribution in [2.75, 3.05) is 0 Å². The molecule has 0 radical (unpaired) electrons. The quantitative estimate of drug-likeness (QED) is 0.478. The Morgan fingerprint density at radius 3 is 2.39 bits per heavy atom. The monoisotopic (exact) mass is 519 g/mol. The molecule has 0 spiro atoms. The molecule has 0 bridgehead atoms. The van der Waals surface area contributed by atoms with Crippen molar-refractivity contribution < 1.29 is 9.59 Å². The van der Waals surface area contributed by atoms with Gasteiger partial charge in [0.1, 0.15) is 11.6 Å². The van der Waals surface area contributed by atoms with E-state index in [1.54, 1.807) is 56.3 Å². The number of carbonyl (C=O) groups is 2. The van der Waals surface area contributed by atoms with E-state index in [1.165, 1.54) is 4.68 Å². The number of nitrogens with zero attached hydrogens (tertiary/aromatic N) is 3. The first-order valence-electron chi connectivity index (χ1n) is 9.07. The highest BCUT2D eigenvalue weighted by molar-refractivity contribution is 9.10. The number of halogens is 3. The highest BCUT2D eigenvalue weighted by atomic mass is 79.9. The first kappa shape index (κ1) is 22.8. The number of nitriles is 1. The van der Waals surface area contributed by atoms with Crippen LogP contribution in [0.5, 0.6) is 0 Å². The van der Waals surface area contributed by atoms with Crippen molar-refractivity contribution >= 4 is 50.9 Å². The van der Waals surface area contributed by atoms with Crippen LogP contribution < -0.4 is 10.9 Å². The van der Waals surface area contributed by atoms with E-state index in [2.05, 4.69) is 37.9 Å². The maximum Gasteiger partial charge on any atom is 0.291 e. The second-order valence-corrected chi connectivity index (χ2v) is 8.56. The van der Waals surface area contributed by atoms with Gasteiger partial charge in [0.2, 0.25) is 5.91 Å². The van der Waals surface area contributed by atoms with Crippen molar-refractivity contribution in [2.45, 2.75) is 13.8 Å². The Hall–Kier alpha value is -2.86. The van der Waals surface area contributed by atoms with Gasteiger partial charge in [-0.15, -0.1) is 0 Å². The van der Waals surface area contributed by atoms with Gasteiger partial charge in [-0.2, -0.15) is 10.4 Å². The summed E-state index contributed by atoms with van der Waals surface area (Å²) in [5, 5.41) is 14.9. The molecular weight excluding hydrogens is 505 g/mol. The van der Waals surface area contributed by atoms with Gasteiger partial charge in [-0.05, 0) is 30.3 Å². The van der Waals surface area contributed by atoms with Crippen LogP contribution in [0.4, 0.5) is 0 Å². The van der Waals surface area contributed by atoms with Crippen LogP contribution in [-0.2, 0) is 4.79 Å². The summed E-state index contributed by atoms with van der Waals surface area (Å²) in [7, 11) is 0. The van der Waals surface area contributed by atoms with E-state index < -0.39 is 5.91 Å². The van der Waals surface area contributed by atoms with E-state index in [9.17, 15) is 14.9 Å². The maximum absolute atomic E-state index is 12.8. The van der Waals surface area contributed by atoms with Gasteiger partial charge >= 0.3 is 0 Å². The van der Waals surface area contributed by atoms with Crippen LogP contribution in [0.1, 0.15) is 29.9 Å². The fourth-order valence-electron chi connectivity index (χ4n) is 2.71. The summed E-state index contributed by atoms with van der Waals surface area (Å²) < 4.78 is 2.26. The molecule has 158 valence electrons. The highest BCUT2D eigenvalue weighted by Gasteiger charge is 2.26. The van der Waals surface area contributed by atoms with Crippen LogP contribution >= 0.6 is 39.1 Å². The molecule has 1 aromatic heterocycles. The minimum Gasteiger partial charge on any atom is -0.273 e. The standard InChI is InChI=1S/C21H16BrCl2N5O2/c1-11(2)20(30)26-27-21(31)18-15(10-25)19(12-3-5-13(22)6-4-12)29(28-18)17-8-7-14(23)9-16(17)24/h3-9,11H,1-2H3,(H,26,30)(H,27,31). The zero-order valence-corrected chi connectivity index (χ0v) is 19.5. The maximum atomic E-state index is 12.8. The average Bonchev–Trinajstić information content (AvgIpc) is 3.11. The van der Waals surface area contributed by atoms with E-state index in [0.29, 0.717) is 22.0 Å². The van der Waals surface area contributed by atoms with Crippen molar-refractivity contribution in [3.63, 3.8) is 0 Å². The largest absolute Gasteiger partial charge is 0.291 e. The Morgan fingerprint density at radius 1 is 1.13 bits per heavy atom. The third-order valence-electron chi connectivity index (χ3n) is 4.29. The van der Waals surface area contributed by atoms with Crippen LogP contribution in [0.3, 0.4) is 0 Å². The van der Waals surface area contributed by atoms with Gasteiger partial charge < -0.3 is 0 Å². The molecule has 0 unspecified atom stereocenters. The number of aromatic nitrogens is 2. The van der Waals surface area contributed by atoms with E-state index in [4.69, 9.17) is 23.2 Å². The number of hydrazine groups is 1. The highest BCUT2D eigenvalue weighted by Crippen LogP contribution is 2.33. The van der Waals surface area contributed by atoms with Crippen LogP contribution in [0, 0.1) is 17.2 Å². The first-order chi connectivity index (χ1) is 14.7. The van der Waals surface area contributed by atoms with Crippen LogP contribution in [0.25, 0.3) is 16.9 Å². The van der Waals surface area contributed by atoms with E-state index in [-0.39, 0.29) is 28.1 Å². The normalized spacial score (nSPS) is 10.6. The van der Waals surface area contributed by atoms with Crippen LogP contribution in [0.2, 0.25) is 10.0 Å². The average molecular weight is 521 g/mol. The Balaban J connectivity index is 2.17. The van der Waals surface area contributed by atoms with Crippen LogP contribution in [0.15, 0.2) is 46.9 Å². The van der Waals surface area contributed by atoms with Gasteiger partial charge in [0.05, 0.1) is 16.4 Å². The Morgan fingerprint density at radius 2 is 1.81 bits per heavy atom. The van der Waals surface area contributed by atoms with Crippen molar-refractivity contribution in [2.24, 2.45) is 5.92 Å². The lowest BCUT2D eigenvalue weighted by atomic mass is 10.1. The molecule has 0 saturated carbocycles. The molecule has 0 fully saturated rings. The van der Waals surface area contributed by atoms with Crippen LogP contribution in [-0.4, -0.2) is 21.6 Å². The predicted octanol–water partition coefficient (Wildman–Crippen LogP) is 4.90. The zero-order valence-electron chi connectivity index (χ0n) is 16.4. The summed E-state index contributed by atoms with van der Waals surface area (Å²) in [6.07, 6.45) is 0. The Labute approximate surface area is 197 Å². The molecule has 0 atom stereocenters. The third-order valence-corrected chi connectivity index (χ3v) is 5.36. The molecule has 3 aromatic rings. The van der Waals surface area contributed by atoms with Crippen molar-refractivity contribution in [3.05, 3.63) is 68.2 Å². The van der Waals surface area contributed by atoms with Gasteiger partial charge in [0.25, 0.3) is 5.91 Å². The van der Waals surface area contributed by atoms with E-state index >= 15 is 0 Å². The number of carbonyl (C=O) groups excluding carboxylic acids is 2. The summed E-state index contributed by atoms with van der Waals surface area (Å²) in [6.45, 7) is 3.37. The lowest BCUT2D eigenvalue weighted by Gasteiger charge is -2.10. The molecule has 2 amide bonds. The Bertz CT molecular complexity index is 1200. The molecule has 1 heterocycles. The molecule has 0 aliphatic rings. The van der Waals surface area contributed by atoms with E-state index in [1.807, 2.05) is 0 Å². The molecule has 31 heavy (non-hydrogen) atoms. The van der Waals surface area contributed by atoms with Gasteiger partial charge in [0, 0.05) is 21.0 Å². The zero-order chi connectivity index (χ0) is 22.7. The van der Waals surface area contributed by atoms with Crippen molar-refractivity contribution in [3.8, 4) is 23.0 Å². The molecule has 2 aromatic carbocycles. The Kier molecular flexibility index (Phi) is 7.01. The third kappa shape index (κ3) is 4.90. The lowest BCUT2D eigenvalue weighted by molar-refractivity contribution is -0.124. The summed E-state index contributed by atoms with van der Waals surface area (Å²) >= 11 is 15.8.